The first-order valence-corrected chi connectivity index (χ1v) is 7.88. The monoisotopic (exact) mass is 356 g/mol. The lowest BCUT2D eigenvalue weighted by Crippen LogP contribution is -2.37. The number of rotatable bonds is 5. The predicted molar refractivity (Wildman–Crippen MR) is 84.6 cm³/mol. The van der Waals surface area contributed by atoms with E-state index in [1.807, 2.05) is 0 Å². The number of hydrogen-bond acceptors (Lipinski definition) is 3. The van der Waals surface area contributed by atoms with Gasteiger partial charge in [-0.25, -0.2) is 0 Å². The molecule has 1 heterocycles. The molecule has 0 aliphatic rings. The first-order chi connectivity index (χ1) is 11.3. The minimum atomic E-state index is -4.48. The molecule has 0 atom stereocenters. The van der Waals surface area contributed by atoms with Crippen LogP contribution in [0.5, 0.6) is 0 Å². The van der Waals surface area contributed by atoms with E-state index in [2.05, 4.69) is 5.32 Å². The van der Waals surface area contributed by atoms with Gasteiger partial charge >= 0.3 is 6.18 Å². The van der Waals surface area contributed by atoms with Gasteiger partial charge in [0.1, 0.15) is 0 Å². The standard InChI is InChI=1S/C16H15F3N2O2S/c1-21(10-11-5-2-3-6-12(11)16(17,18)19)14(22)9-20-15(23)13-7-4-8-24-13/h2-8H,9-10H2,1H3,(H,20,23). The maximum absolute atomic E-state index is 13.0. The molecule has 0 unspecified atom stereocenters. The van der Waals surface area contributed by atoms with Crippen LogP contribution in [0.15, 0.2) is 41.8 Å². The molecule has 0 saturated carbocycles. The van der Waals surface area contributed by atoms with Gasteiger partial charge in [-0.15, -0.1) is 11.3 Å². The second-order valence-corrected chi connectivity index (χ2v) is 6.01. The molecule has 2 amide bonds. The number of amides is 2. The van der Waals surface area contributed by atoms with E-state index in [0.29, 0.717) is 4.88 Å². The predicted octanol–water partition coefficient (Wildman–Crippen LogP) is 3.16. The molecule has 24 heavy (non-hydrogen) atoms. The van der Waals surface area contributed by atoms with Gasteiger partial charge in [0.2, 0.25) is 5.91 Å². The molecule has 0 bridgehead atoms. The maximum Gasteiger partial charge on any atom is 0.416 e. The Balaban J connectivity index is 1.96. The van der Waals surface area contributed by atoms with Crippen molar-refractivity contribution in [2.24, 2.45) is 0 Å². The van der Waals surface area contributed by atoms with Gasteiger partial charge in [0.25, 0.3) is 5.91 Å². The smallest absolute Gasteiger partial charge is 0.342 e. The molecule has 128 valence electrons. The SMILES string of the molecule is CN(Cc1ccccc1C(F)(F)F)C(=O)CNC(=O)c1cccs1. The van der Waals surface area contributed by atoms with Gasteiger partial charge in [-0.05, 0) is 23.1 Å². The average Bonchev–Trinajstić information content (AvgIpc) is 3.06. The normalized spacial score (nSPS) is 11.2. The highest BCUT2D eigenvalue weighted by Crippen LogP contribution is 2.32. The van der Waals surface area contributed by atoms with Crippen LogP contribution in [0.4, 0.5) is 13.2 Å². The van der Waals surface area contributed by atoms with Crippen molar-refractivity contribution in [3.05, 3.63) is 57.8 Å². The van der Waals surface area contributed by atoms with Crippen molar-refractivity contribution in [3.63, 3.8) is 0 Å². The molecule has 1 aromatic heterocycles. The minimum absolute atomic E-state index is 0.00503. The number of likely N-dealkylation sites (N-methyl/N-ethyl adjacent to an activating group) is 1. The van der Waals surface area contributed by atoms with Crippen LogP contribution in [0.25, 0.3) is 0 Å². The summed E-state index contributed by atoms with van der Waals surface area (Å²) in [5.74, 6) is -0.862. The molecule has 1 aromatic carbocycles. The summed E-state index contributed by atoms with van der Waals surface area (Å²) in [5.41, 5.74) is -0.766. The Hall–Kier alpha value is -2.35. The molecule has 1 N–H and O–H groups in total. The number of halogens is 3. The summed E-state index contributed by atoms with van der Waals surface area (Å²) in [6.07, 6.45) is -4.48. The van der Waals surface area contributed by atoms with E-state index in [0.717, 1.165) is 11.0 Å². The first-order valence-electron chi connectivity index (χ1n) is 7.00. The quantitative estimate of drug-likeness (QED) is 0.895. The second-order valence-electron chi connectivity index (χ2n) is 5.06. The lowest BCUT2D eigenvalue weighted by molar-refractivity contribution is -0.139. The summed E-state index contributed by atoms with van der Waals surface area (Å²) in [4.78, 5) is 25.4. The highest BCUT2D eigenvalue weighted by atomic mass is 32.1. The van der Waals surface area contributed by atoms with E-state index >= 15 is 0 Å². The number of alkyl halides is 3. The Morgan fingerprint density at radius 3 is 2.50 bits per heavy atom. The molecule has 2 aromatic rings. The summed E-state index contributed by atoms with van der Waals surface area (Å²) in [6.45, 7) is -0.467. The number of nitrogens with zero attached hydrogens (tertiary/aromatic N) is 1. The Morgan fingerprint density at radius 1 is 1.17 bits per heavy atom. The van der Waals surface area contributed by atoms with Crippen LogP contribution in [0.2, 0.25) is 0 Å². The molecular weight excluding hydrogens is 341 g/mol. The van der Waals surface area contributed by atoms with Crippen LogP contribution in [0.1, 0.15) is 20.8 Å². The number of benzene rings is 1. The molecule has 0 aliphatic carbocycles. The number of thiophene rings is 1. The van der Waals surface area contributed by atoms with E-state index in [1.54, 1.807) is 17.5 Å². The van der Waals surface area contributed by atoms with Crippen LogP contribution in [-0.4, -0.2) is 30.3 Å². The maximum atomic E-state index is 13.0. The summed E-state index contributed by atoms with van der Waals surface area (Å²) in [6, 6.07) is 8.43. The molecule has 0 radical (unpaired) electrons. The fourth-order valence-corrected chi connectivity index (χ4v) is 2.70. The molecule has 0 fully saturated rings. The van der Waals surface area contributed by atoms with Gasteiger partial charge in [-0.3, -0.25) is 9.59 Å². The van der Waals surface area contributed by atoms with Crippen molar-refractivity contribution in [2.75, 3.05) is 13.6 Å². The van der Waals surface area contributed by atoms with Gasteiger partial charge in [0, 0.05) is 13.6 Å². The second kappa shape index (κ2) is 7.48. The molecule has 0 spiro atoms. The van der Waals surface area contributed by atoms with Crippen molar-refractivity contribution in [1.29, 1.82) is 0 Å². The van der Waals surface area contributed by atoms with Crippen LogP contribution in [0, 0.1) is 0 Å². The van der Waals surface area contributed by atoms with E-state index in [1.165, 1.54) is 36.6 Å². The van der Waals surface area contributed by atoms with Gasteiger partial charge in [-0.1, -0.05) is 24.3 Å². The lowest BCUT2D eigenvalue weighted by Gasteiger charge is -2.20. The lowest BCUT2D eigenvalue weighted by atomic mass is 10.1. The molecule has 8 heteroatoms. The van der Waals surface area contributed by atoms with Crippen LogP contribution in [-0.2, 0) is 17.5 Å². The third-order valence-electron chi connectivity index (χ3n) is 3.30. The molecule has 4 nitrogen and oxygen atoms in total. The summed E-state index contributed by atoms with van der Waals surface area (Å²) >= 11 is 1.24. The number of carbonyl (C=O) groups is 2. The topological polar surface area (TPSA) is 49.4 Å². The Labute approximate surface area is 140 Å². The zero-order valence-electron chi connectivity index (χ0n) is 12.8. The molecular formula is C16H15F3N2O2S. The Kier molecular flexibility index (Phi) is 5.61. The van der Waals surface area contributed by atoms with Crippen molar-refractivity contribution in [1.82, 2.24) is 10.2 Å². The van der Waals surface area contributed by atoms with Crippen LogP contribution < -0.4 is 5.32 Å². The fraction of sp³-hybridized carbons (Fsp3) is 0.250. The highest BCUT2D eigenvalue weighted by Gasteiger charge is 2.33. The third kappa shape index (κ3) is 4.58. The number of carbonyl (C=O) groups excluding carboxylic acids is 2. The van der Waals surface area contributed by atoms with Gasteiger partial charge in [0.15, 0.2) is 0 Å². The van der Waals surface area contributed by atoms with Crippen molar-refractivity contribution in [3.8, 4) is 0 Å². The van der Waals surface area contributed by atoms with Crippen LogP contribution in [0.3, 0.4) is 0 Å². The van der Waals surface area contributed by atoms with E-state index in [9.17, 15) is 22.8 Å². The highest BCUT2D eigenvalue weighted by molar-refractivity contribution is 7.12. The van der Waals surface area contributed by atoms with E-state index < -0.39 is 17.6 Å². The number of hydrogen-bond donors (Lipinski definition) is 1. The van der Waals surface area contributed by atoms with Gasteiger partial charge in [-0.2, -0.15) is 13.2 Å². The molecule has 0 saturated heterocycles. The number of nitrogens with one attached hydrogen (secondary N) is 1. The summed E-state index contributed by atoms with van der Waals surface area (Å²) in [7, 11) is 1.40. The first kappa shape index (κ1) is 18.0. The molecule has 2 rings (SSSR count). The largest absolute Gasteiger partial charge is 0.416 e. The average molecular weight is 356 g/mol. The van der Waals surface area contributed by atoms with Crippen molar-refractivity contribution >= 4 is 23.2 Å². The molecule has 0 aliphatic heterocycles. The third-order valence-corrected chi connectivity index (χ3v) is 4.17. The Bertz CT molecular complexity index is 714. The van der Waals surface area contributed by atoms with Gasteiger partial charge < -0.3 is 10.2 Å². The zero-order valence-corrected chi connectivity index (χ0v) is 13.6. The fourth-order valence-electron chi connectivity index (χ4n) is 2.06. The Morgan fingerprint density at radius 2 is 1.88 bits per heavy atom. The summed E-state index contributed by atoms with van der Waals surface area (Å²) in [5, 5.41) is 4.19. The van der Waals surface area contributed by atoms with Gasteiger partial charge in [0.05, 0.1) is 17.0 Å². The van der Waals surface area contributed by atoms with Crippen molar-refractivity contribution in [2.45, 2.75) is 12.7 Å². The van der Waals surface area contributed by atoms with Crippen LogP contribution >= 0.6 is 11.3 Å². The minimum Gasteiger partial charge on any atom is -0.342 e. The van der Waals surface area contributed by atoms with E-state index in [4.69, 9.17) is 0 Å². The zero-order chi connectivity index (χ0) is 17.7. The van der Waals surface area contributed by atoms with E-state index in [-0.39, 0.29) is 24.6 Å². The summed E-state index contributed by atoms with van der Waals surface area (Å²) < 4.78 is 38.9. The van der Waals surface area contributed by atoms with Crippen molar-refractivity contribution < 1.29 is 22.8 Å².